The number of carboxylic acid groups (broad SMARTS) is 3. The summed E-state index contributed by atoms with van der Waals surface area (Å²) in [6.07, 6.45) is -1.39. The van der Waals surface area contributed by atoms with E-state index in [2.05, 4.69) is 23.3 Å². The zero-order valence-corrected chi connectivity index (χ0v) is 17.9. The second kappa shape index (κ2) is 13.4. The molecule has 4 unspecified atom stereocenters. The van der Waals surface area contributed by atoms with E-state index in [0.29, 0.717) is 0 Å². The molecule has 0 spiro atoms. The van der Waals surface area contributed by atoms with Gasteiger partial charge in [0, 0.05) is 5.75 Å². The van der Waals surface area contributed by atoms with Crippen LogP contribution in [0.4, 0.5) is 0 Å². The van der Waals surface area contributed by atoms with Gasteiger partial charge in [0.2, 0.25) is 17.7 Å². The molecule has 0 aromatic carbocycles. The van der Waals surface area contributed by atoms with E-state index in [9.17, 15) is 28.8 Å². The minimum Gasteiger partial charge on any atom is -0.481 e. The number of rotatable bonds is 14. The molecule has 0 bridgehead atoms. The molecule has 8 N–H and O–H groups in total. The van der Waals surface area contributed by atoms with Crippen LogP contribution in [0.5, 0.6) is 0 Å². The molecule has 0 saturated heterocycles. The third-order valence-electron chi connectivity index (χ3n) is 3.88. The lowest BCUT2D eigenvalue weighted by atomic mass is 10.0. The van der Waals surface area contributed by atoms with Crippen molar-refractivity contribution in [1.82, 2.24) is 16.0 Å². The lowest BCUT2D eigenvalue weighted by Gasteiger charge is -2.25. The highest BCUT2D eigenvalue weighted by molar-refractivity contribution is 7.80. The molecule has 31 heavy (non-hydrogen) atoms. The van der Waals surface area contributed by atoms with Crippen molar-refractivity contribution >= 4 is 48.3 Å². The molecule has 0 aliphatic heterocycles. The van der Waals surface area contributed by atoms with Gasteiger partial charge in [-0.3, -0.25) is 24.0 Å². The fourth-order valence-electron chi connectivity index (χ4n) is 2.38. The average molecular weight is 464 g/mol. The Bertz CT molecular complexity index is 701. The Hall–Kier alpha value is -2.87. The molecule has 0 saturated carbocycles. The van der Waals surface area contributed by atoms with E-state index in [1.54, 1.807) is 13.8 Å². The summed E-state index contributed by atoms with van der Waals surface area (Å²) in [4.78, 5) is 69.6. The highest BCUT2D eigenvalue weighted by Crippen LogP contribution is 2.07. The normalized spacial score (nSPS) is 14.6. The molecule has 0 aromatic heterocycles. The summed E-state index contributed by atoms with van der Waals surface area (Å²) in [5.41, 5.74) is 5.49. The number of carbonyl (C=O) groups excluding carboxylic acids is 3. The lowest BCUT2D eigenvalue weighted by molar-refractivity contribution is -0.147. The second-order valence-corrected chi connectivity index (χ2v) is 7.50. The molecule has 0 aromatic rings. The molecule has 0 aliphatic rings. The van der Waals surface area contributed by atoms with Crippen LogP contribution in [0.2, 0.25) is 0 Å². The van der Waals surface area contributed by atoms with Crippen LogP contribution in [-0.2, 0) is 28.8 Å². The number of amides is 3. The van der Waals surface area contributed by atoms with Gasteiger partial charge in [-0.25, -0.2) is 4.79 Å². The van der Waals surface area contributed by atoms with Gasteiger partial charge >= 0.3 is 17.9 Å². The SMILES string of the molecule is CC(C)CC(NC(=O)C(N)CC(=O)O)C(=O)NC(CS)C(=O)NC(CC(=O)O)C(=O)O. The molecule has 4 atom stereocenters. The van der Waals surface area contributed by atoms with Crippen LogP contribution in [0.15, 0.2) is 0 Å². The topological polar surface area (TPSA) is 225 Å². The lowest BCUT2D eigenvalue weighted by Crippen LogP contribution is -2.58. The van der Waals surface area contributed by atoms with E-state index in [1.165, 1.54) is 0 Å². The van der Waals surface area contributed by atoms with Crippen molar-refractivity contribution in [3.8, 4) is 0 Å². The number of hydrogen-bond donors (Lipinski definition) is 8. The Balaban J connectivity index is 5.27. The predicted molar refractivity (Wildman–Crippen MR) is 109 cm³/mol. The van der Waals surface area contributed by atoms with E-state index in [-0.39, 0.29) is 18.1 Å². The molecule has 0 fully saturated rings. The van der Waals surface area contributed by atoms with E-state index in [4.69, 9.17) is 21.1 Å². The maximum absolute atomic E-state index is 12.6. The van der Waals surface area contributed by atoms with Crippen LogP contribution >= 0.6 is 12.6 Å². The van der Waals surface area contributed by atoms with Gasteiger partial charge in [0.15, 0.2) is 0 Å². The third-order valence-corrected chi connectivity index (χ3v) is 4.25. The largest absolute Gasteiger partial charge is 0.481 e. The van der Waals surface area contributed by atoms with Crippen molar-refractivity contribution in [2.24, 2.45) is 11.7 Å². The number of carbonyl (C=O) groups is 6. The number of hydrogen-bond acceptors (Lipinski definition) is 8. The average Bonchev–Trinajstić information content (AvgIpc) is 2.63. The molecule has 0 aliphatic carbocycles. The smallest absolute Gasteiger partial charge is 0.326 e. The highest BCUT2D eigenvalue weighted by atomic mass is 32.1. The molecule has 0 rings (SSSR count). The predicted octanol–water partition coefficient (Wildman–Crippen LogP) is -2.22. The van der Waals surface area contributed by atoms with Gasteiger partial charge in [0.25, 0.3) is 0 Å². The number of nitrogens with one attached hydrogen (secondary N) is 3. The monoisotopic (exact) mass is 464 g/mol. The fraction of sp³-hybridized carbons (Fsp3) is 0.647. The maximum Gasteiger partial charge on any atom is 0.326 e. The van der Waals surface area contributed by atoms with Crippen LogP contribution in [0, 0.1) is 5.92 Å². The van der Waals surface area contributed by atoms with Gasteiger partial charge in [-0.15, -0.1) is 0 Å². The van der Waals surface area contributed by atoms with Crippen LogP contribution in [0.1, 0.15) is 33.1 Å². The van der Waals surface area contributed by atoms with Crippen LogP contribution in [-0.4, -0.2) is 80.9 Å². The maximum atomic E-state index is 12.6. The Morgan fingerprint density at radius 2 is 1.23 bits per heavy atom. The van der Waals surface area contributed by atoms with Gasteiger partial charge in [0.05, 0.1) is 18.9 Å². The summed E-state index contributed by atoms with van der Waals surface area (Å²) in [5, 5.41) is 33.2. The summed E-state index contributed by atoms with van der Waals surface area (Å²) < 4.78 is 0. The Kier molecular flexibility index (Phi) is 12.2. The van der Waals surface area contributed by atoms with Gasteiger partial charge in [0.1, 0.15) is 18.1 Å². The van der Waals surface area contributed by atoms with Crippen LogP contribution < -0.4 is 21.7 Å². The van der Waals surface area contributed by atoms with Crippen molar-refractivity contribution in [2.75, 3.05) is 5.75 Å². The highest BCUT2D eigenvalue weighted by Gasteiger charge is 2.31. The van der Waals surface area contributed by atoms with E-state index >= 15 is 0 Å². The van der Waals surface area contributed by atoms with Gasteiger partial charge < -0.3 is 37.0 Å². The quantitative estimate of drug-likeness (QED) is 0.129. The van der Waals surface area contributed by atoms with Gasteiger partial charge in [-0.05, 0) is 12.3 Å². The Morgan fingerprint density at radius 1 is 0.774 bits per heavy atom. The number of aliphatic carboxylic acids is 3. The molecule has 0 heterocycles. The zero-order valence-electron chi connectivity index (χ0n) is 17.0. The summed E-state index contributed by atoms with van der Waals surface area (Å²) in [7, 11) is 0. The van der Waals surface area contributed by atoms with Crippen LogP contribution in [0.3, 0.4) is 0 Å². The van der Waals surface area contributed by atoms with E-state index in [1.807, 2.05) is 5.32 Å². The minimum atomic E-state index is -1.72. The molecular formula is C17H28N4O9S. The summed E-state index contributed by atoms with van der Waals surface area (Å²) in [6.45, 7) is 3.52. The Morgan fingerprint density at radius 3 is 1.65 bits per heavy atom. The molecule has 176 valence electrons. The van der Waals surface area contributed by atoms with Crippen molar-refractivity contribution in [1.29, 1.82) is 0 Å². The molecular weight excluding hydrogens is 436 g/mol. The molecule has 13 nitrogen and oxygen atoms in total. The summed E-state index contributed by atoms with van der Waals surface area (Å²) in [6, 6.07) is -5.59. The van der Waals surface area contributed by atoms with Crippen molar-refractivity contribution in [2.45, 2.75) is 57.3 Å². The number of thiol groups is 1. The number of carboxylic acids is 3. The standard InChI is InChI=1S/C17H28N4O9S/c1-7(2)3-9(19-14(26)8(18)4-12(22)23)15(27)21-11(6-31)16(28)20-10(17(29)30)5-13(24)25/h7-11,31H,3-6,18H2,1-2H3,(H,19,26)(H,20,28)(H,21,27)(H,22,23)(H,24,25)(H,29,30). The van der Waals surface area contributed by atoms with Crippen LogP contribution in [0.25, 0.3) is 0 Å². The van der Waals surface area contributed by atoms with Crippen molar-refractivity contribution < 1.29 is 44.1 Å². The zero-order chi connectivity index (χ0) is 24.3. The first-order valence-corrected chi connectivity index (χ1v) is 9.85. The fourth-order valence-corrected chi connectivity index (χ4v) is 2.63. The number of nitrogens with two attached hydrogens (primary N) is 1. The first-order chi connectivity index (χ1) is 14.3. The second-order valence-electron chi connectivity index (χ2n) is 7.14. The van der Waals surface area contributed by atoms with Gasteiger partial charge in [-0.1, -0.05) is 13.8 Å². The third kappa shape index (κ3) is 11.2. The molecule has 3 amide bonds. The Labute approximate surface area is 183 Å². The molecule has 14 heteroatoms. The minimum absolute atomic E-state index is 0.0815. The molecule has 0 radical (unpaired) electrons. The summed E-state index contributed by atoms with van der Waals surface area (Å²) in [5.74, 6) is -7.30. The first-order valence-electron chi connectivity index (χ1n) is 9.22. The van der Waals surface area contributed by atoms with E-state index in [0.717, 1.165) is 0 Å². The van der Waals surface area contributed by atoms with Crippen molar-refractivity contribution in [3.05, 3.63) is 0 Å². The van der Waals surface area contributed by atoms with Crippen molar-refractivity contribution in [3.63, 3.8) is 0 Å². The summed E-state index contributed by atoms with van der Waals surface area (Å²) >= 11 is 3.94. The van der Waals surface area contributed by atoms with E-state index < -0.39 is 72.6 Å². The first kappa shape index (κ1) is 28.1. The van der Waals surface area contributed by atoms with Gasteiger partial charge in [-0.2, -0.15) is 12.6 Å².